The van der Waals surface area contributed by atoms with E-state index in [9.17, 15) is 0 Å². The quantitative estimate of drug-likeness (QED) is 0.382. The molecule has 0 radical (unpaired) electrons. The van der Waals surface area contributed by atoms with Gasteiger partial charge in [0.25, 0.3) is 0 Å². The first-order chi connectivity index (χ1) is 10.2. The Morgan fingerprint density at radius 1 is 0.667 bits per heavy atom. The Labute approximate surface area is 152 Å². The van der Waals surface area contributed by atoms with E-state index in [-0.39, 0.29) is 0 Å². The molecule has 21 heavy (non-hydrogen) atoms. The topological polar surface area (TPSA) is 0 Å². The average molecular weight is 496 g/mol. The van der Waals surface area contributed by atoms with E-state index in [1.165, 1.54) is 29.4 Å². The minimum absolute atomic E-state index is 0.973. The van der Waals surface area contributed by atoms with Crippen molar-refractivity contribution in [2.24, 2.45) is 0 Å². The molecule has 3 aromatic carbocycles. The molecule has 0 aliphatic heterocycles. The van der Waals surface area contributed by atoms with Gasteiger partial charge in [0.2, 0.25) is 0 Å². The SMILES string of the molecule is Ic1ccc(-c2cccc(I)c2Cc2ccccc2)cc1. The van der Waals surface area contributed by atoms with Gasteiger partial charge in [-0.1, -0.05) is 54.6 Å². The Kier molecular flexibility index (Phi) is 4.95. The van der Waals surface area contributed by atoms with Crippen LogP contribution in [0.4, 0.5) is 0 Å². The Morgan fingerprint density at radius 3 is 2.10 bits per heavy atom. The molecule has 0 N–H and O–H groups in total. The molecule has 3 aromatic rings. The first-order valence-electron chi connectivity index (χ1n) is 6.81. The minimum Gasteiger partial charge on any atom is -0.0622 e. The predicted molar refractivity (Wildman–Crippen MR) is 107 cm³/mol. The molecule has 0 fully saturated rings. The lowest BCUT2D eigenvalue weighted by molar-refractivity contribution is 1.18. The highest BCUT2D eigenvalue weighted by Gasteiger charge is 2.09. The summed E-state index contributed by atoms with van der Waals surface area (Å²) >= 11 is 4.79. The maximum atomic E-state index is 2.44. The van der Waals surface area contributed by atoms with Crippen LogP contribution in [0.2, 0.25) is 0 Å². The number of benzene rings is 3. The van der Waals surface area contributed by atoms with Crippen LogP contribution >= 0.6 is 45.2 Å². The maximum absolute atomic E-state index is 2.44. The summed E-state index contributed by atoms with van der Waals surface area (Å²) in [6.07, 6.45) is 0.973. The van der Waals surface area contributed by atoms with Gasteiger partial charge in [-0.05, 0) is 92.1 Å². The fraction of sp³-hybridized carbons (Fsp3) is 0.0526. The molecule has 104 valence electrons. The van der Waals surface area contributed by atoms with Gasteiger partial charge in [-0.25, -0.2) is 0 Å². The molecule has 0 unspecified atom stereocenters. The molecule has 0 nitrogen and oxygen atoms in total. The summed E-state index contributed by atoms with van der Waals surface area (Å²) in [7, 11) is 0. The number of rotatable bonds is 3. The zero-order valence-electron chi connectivity index (χ0n) is 11.4. The van der Waals surface area contributed by atoms with Crippen LogP contribution in [0, 0.1) is 7.14 Å². The van der Waals surface area contributed by atoms with Crippen LogP contribution < -0.4 is 0 Å². The van der Waals surface area contributed by atoms with Crippen LogP contribution in [0.1, 0.15) is 11.1 Å². The Morgan fingerprint density at radius 2 is 1.38 bits per heavy atom. The van der Waals surface area contributed by atoms with Crippen molar-refractivity contribution in [2.45, 2.75) is 6.42 Å². The lowest BCUT2D eigenvalue weighted by atomic mass is 9.95. The van der Waals surface area contributed by atoms with Crippen molar-refractivity contribution in [2.75, 3.05) is 0 Å². The van der Waals surface area contributed by atoms with E-state index in [0.29, 0.717) is 0 Å². The normalized spacial score (nSPS) is 10.6. The van der Waals surface area contributed by atoms with Crippen LogP contribution in [-0.4, -0.2) is 0 Å². The summed E-state index contributed by atoms with van der Waals surface area (Å²) in [5, 5.41) is 0. The highest BCUT2D eigenvalue weighted by molar-refractivity contribution is 14.1. The Hall–Kier alpha value is -0.880. The molecule has 0 saturated heterocycles. The van der Waals surface area contributed by atoms with Crippen LogP contribution in [0.5, 0.6) is 0 Å². The Bertz CT molecular complexity index is 731. The van der Waals surface area contributed by atoms with Crippen molar-refractivity contribution >= 4 is 45.2 Å². The molecule has 0 bridgehead atoms. The standard InChI is InChI=1S/C19H14I2/c20-16-11-9-15(10-12-16)17-7-4-8-19(21)18(17)13-14-5-2-1-3-6-14/h1-12H,13H2. The Balaban J connectivity index is 2.05. The summed E-state index contributed by atoms with van der Waals surface area (Å²) in [6.45, 7) is 0. The molecule has 3 rings (SSSR count). The van der Waals surface area contributed by atoms with Gasteiger partial charge in [0.05, 0.1) is 0 Å². The molecule has 0 aliphatic rings. The van der Waals surface area contributed by atoms with E-state index in [2.05, 4.69) is 118 Å². The van der Waals surface area contributed by atoms with Crippen LogP contribution in [-0.2, 0) is 6.42 Å². The van der Waals surface area contributed by atoms with Crippen molar-refractivity contribution in [1.82, 2.24) is 0 Å². The third-order valence-electron chi connectivity index (χ3n) is 3.50. The first-order valence-corrected chi connectivity index (χ1v) is 8.97. The first kappa shape index (κ1) is 15.0. The van der Waals surface area contributed by atoms with E-state index >= 15 is 0 Å². The average Bonchev–Trinajstić information content (AvgIpc) is 2.51. The molecule has 0 aliphatic carbocycles. The van der Waals surface area contributed by atoms with Gasteiger partial charge in [-0.15, -0.1) is 0 Å². The highest BCUT2D eigenvalue weighted by atomic mass is 127. The summed E-state index contributed by atoms with van der Waals surface area (Å²) in [6, 6.07) is 26.0. The number of halogens is 2. The third-order valence-corrected chi connectivity index (χ3v) is 5.23. The summed E-state index contributed by atoms with van der Waals surface area (Å²) in [5.74, 6) is 0. The molecule has 0 spiro atoms. The van der Waals surface area contributed by atoms with Gasteiger partial charge in [0.15, 0.2) is 0 Å². The van der Waals surface area contributed by atoms with Gasteiger partial charge in [0.1, 0.15) is 0 Å². The lowest BCUT2D eigenvalue weighted by Gasteiger charge is -2.12. The van der Waals surface area contributed by atoms with E-state index in [1.54, 1.807) is 0 Å². The molecule has 2 heteroatoms. The number of hydrogen-bond acceptors (Lipinski definition) is 0. The zero-order chi connectivity index (χ0) is 14.7. The van der Waals surface area contributed by atoms with Gasteiger partial charge in [-0.3, -0.25) is 0 Å². The van der Waals surface area contributed by atoms with E-state index in [4.69, 9.17) is 0 Å². The van der Waals surface area contributed by atoms with Crippen molar-refractivity contribution in [3.63, 3.8) is 0 Å². The highest BCUT2D eigenvalue weighted by Crippen LogP contribution is 2.29. The van der Waals surface area contributed by atoms with Crippen molar-refractivity contribution in [3.8, 4) is 11.1 Å². The fourth-order valence-electron chi connectivity index (χ4n) is 2.44. The predicted octanol–water partition coefficient (Wildman–Crippen LogP) is 6.15. The molecule has 0 amide bonds. The lowest BCUT2D eigenvalue weighted by Crippen LogP contribution is -1.95. The molecular formula is C19H14I2. The molecule has 0 atom stereocenters. The maximum Gasteiger partial charge on any atom is 0.0171 e. The third kappa shape index (κ3) is 3.66. The van der Waals surface area contributed by atoms with E-state index < -0.39 is 0 Å². The monoisotopic (exact) mass is 496 g/mol. The van der Waals surface area contributed by atoms with Crippen LogP contribution in [0.3, 0.4) is 0 Å². The summed E-state index contributed by atoms with van der Waals surface area (Å²) in [5.41, 5.74) is 5.39. The largest absolute Gasteiger partial charge is 0.0622 e. The van der Waals surface area contributed by atoms with Crippen molar-refractivity contribution in [3.05, 3.63) is 91.1 Å². The van der Waals surface area contributed by atoms with Crippen molar-refractivity contribution < 1.29 is 0 Å². The fourth-order valence-corrected chi connectivity index (χ4v) is 3.49. The zero-order valence-corrected chi connectivity index (χ0v) is 15.7. The van der Waals surface area contributed by atoms with Gasteiger partial charge in [-0.2, -0.15) is 0 Å². The van der Waals surface area contributed by atoms with Crippen LogP contribution in [0.15, 0.2) is 72.8 Å². The van der Waals surface area contributed by atoms with Gasteiger partial charge in [0, 0.05) is 7.14 Å². The molecule has 0 heterocycles. The van der Waals surface area contributed by atoms with Gasteiger partial charge < -0.3 is 0 Å². The molecule has 0 saturated carbocycles. The second-order valence-electron chi connectivity index (χ2n) is 4.94. The minimum atomic E-state index is 0.973. The second kappa shape index (κ2) is 6.92. The summed E-state index contributed by atoms with van der Waals surface area (Å²) < 4.78 is 2.60. The van der Waals surface area contributed by atoms with E-state index in [1.807, 2.05) is 0 Å². The van der Waals surface area contributed by atoms with E-state index in [0.717, 1.165) is 6.42 Å². The number of hydrogen-bond donors (Lipinski definition) is 0. The molecule has 0 aromatic heterocycles. The van der Waals surface area contributed by atoms with Gasteiger partial charge >= 0.3 is 0 Å². The smallest absolute Gasteiger partial charge is 0.0171 e. The van der Waals surface area contributed by atoms with Crippen molar-refractivity contribution in [1.29, 1.82) is 0 Å². The van der Waals surface area contributed by atoms with Crippen LogP contribution in [0.25, 0.3) is 11.1 Å². The molecular weight excluding hydrogens is 482 g/mol. The second-order valence-corrected chi connectivity index (χ2v) is 7.34. The summed E-state index contributed by atoms with van der Waals surface area (Å²) in [4.78, 5) is 0.